The molecule has 1 fully saturated rings. The van der Waals surface area contributed by atoms with Gasteiger partial charge in [0, 0.05) is 44.0 Å². The second-order valence-corrected chi connectivity index (χ2v) is 9.69. The molecule has 0 atom stereocenters. The summed E-state index contributed by atoms with van der Waals surface area (Å²) in [5.74, 6) is -0.550. The zero-order valence-corrected chi connectivity index (χ0v) is 19.0. The number of piperazine rings is 1. The third-order valence-corrected chi connectivity index (χ3v) is 7.12. The van der Waals surface area contributed by atoms with Crippen molar-refractivity contribution in [1.82, 2.24) is 9.80 Å². The Kier molecular flexibility index (Phi) is 7.05. The van der Waals surface area contributed by atoms with Gasteiger partial charge in [0.1, 0.15) is 5.82 Å². The van der Waals surface area contributed by atoms with Crippen LogP contribution in [0.25, 0.3) is 0 Å². The molecule has 3 aromatic carbocycles. The Hall–Kier alpha value is -3.23. The van der Waals surface area contributed by atoms with Crippen molar-refractivity contribution >= 4 is 21.6 Å². The monoisotopic (exact) mass is 467 g/mol. The summed E-state index contributed by atoms with van der Waals surface area (Å²) >= 11 is 0. The van der Waals surface area contributed by atoms with E-state index in [2.05, 4.69) is 21.8 Å². The number of sulfonamides is 1. The maximum Gasteiger partial charge on any atom is 0.261 e. The van der Waals surface area contributed by atoms with Crippen molar-refractivity contribution in [2.24, 2.45) is 0 Å². The first-order valence-corrected chi connectivity index (χ1v) is 12.3. The van der Waals surface area contributed by atoms with E-state index in [1.807, 2.05) is 18.2 Å². The van der Waals surface area contributed by atoms with E-state index in [4.69, 9.17) is 0 Å². The van der Waals surface area contributed by atoms with Gasteiger partial charge in [0.2, 0.25) is 0 Å². The summed E-state index contributed by atoms with van der Waals surface area (Å²) in [5.41, 5.74) is 2.02. The summed E-state index contributed by atoms with van der Waals surface area (Å²) in [6.45, 7) is 3.86. The van der Waals surface area contributed by atoms with Crippen LogP contribution in [0.1, 0.15) is 15.9 Å². The van der Waals surface area contributed by atoms with Gasteiger partial charge in [-0.25, -0.2) is 12.8 Å². The van der Waals surface area contributed by atoms with Crippen molar-refractivity contribution in [2.45, 2.75) is 11.3 Å². The van der Waals surface area contributed by atoms with Gasteiger partial charge in [0.15, 0.2) is 0 Å². The van der Waals surface area contributed by atoms with Crippen LogP contribution >= 0.6 is 0 Å². The van der Waals surface area contributed by atoms with Crippen LogP contribution < -0.4 is 4.72 Å². The first-order chi connectivity index (χ1) is 15.9. The van der Waals surface area contributed by atoms with Crippen LogP contribution in [0.3, 0.4) is 0 Å². The molecule has 1 aliphatic rings. The zero-order valence-electron chi connectivity index (χ0n) is 18.2. The predicted octanol–water partition coefficient (Wildman–Crippen LogP) is 3.63. The number of amides is 1. The van der Waals surface area contributed by atoms with Gasteiger partial charge in [0.05, 0.1) is 4.90 Å². The lowest BCUT2D eigenvalue weighted by Gasteiger charge is -2.34. The molecule has 8 heteroatoms. The van der Waals surface area contributed by atoms with Gasteiger partial charge in [0.25, 0.3) is 15.9 Å². The molecule has 1 amide bonds. The topological polar surface area (TPSA) is 69.7 Å². The molecular formula is C25H26FN3O3S. The number of nitrogens with one attached hydrogen (secondary N) is 1. The van der Waals surface area contributed by atoms with E-state index < -0.39 is 15.8 Å². The van der Waals surface area contributed by atoms with Crippen LogP contribution in [-0.2, 0) is 16.4 Å². The molecule has 1 aliphatic heterocycles. The lowest BCUT2D eigenvalue weighted by Crippen LogP contribution is -2.49. The van der Waals surface area contributed by atoms with E-state index in [0.717, 1.165) is 26.1 Å². The minimum atomic E-state index is -3.83. The van der Waals surface area contributed by atoms with Crippen LogP contribution in [-0.4, -0.2) is 56.8 Å². The third-order valence-electron chi connectivity index (χ3n) is 5.73. The molecule has 0 saturated carbocycles. The van der Waals surface area contributed by atoms with E-state index in [0.29, 0.717) is 18.7 Å². The quantitative estimate of drug-likeness (QED) is 0.576. The molecule has 0 aliphatic carbocycles. The summed E-state index contributed by atoms with van der Waals surface area (Å²) < 4.78 is 40.6. The fourth-order valence-corrected chi connectivity index (χ4v) is 4.86. The number of halogens is 1. The van der Waals surface area contributed by atoms with E-state index >= 15 is 0 Å². The van der Waals surface area contributed by atoms with Gasteiger partial charge in [-0.1, -0.05) is 30.3 Å². The number of benzene rings is 3. The zero-order chi connectivity index (χ0) is 23.3. The Balaban J connectivity index is 1.31. The first kappa shape index (κ1) is 22.9. The van der Waals surface area contributed by atoms with Gasteiger partial charge in [-0.3, -0.25) is 14.4 Å². The summed E-state index contributed by atoms with van der Waals surface area (Å²) in [4.78, 5) is 17.1. The standard InChI is InChI=1S/C25H26FN3O3S/c26-22-8-10-23(11-9-22)27-33(31,32)24-12-6-21(7-13-24)25(30)29-18-16-28(17-19-29)15-14-20-4-2-1-3-5-20/h1-13,27H,14-19H2. The Labute approximate surface area is 193 Å². The number of rotatable bonds is 7. The Morgan fingerprint density at radius 3 is 2.12 bits per heavy atom. The minimum absolute atomic E-state index is 0.0362. The molecule has 0 spiro atoms. The highest BCUT2D eigenvalue weighted by molar-refractivity contribution is 7.92. The molecule has 0 radical (unpaired) electrons. The van der Waals surface area contributed by atoms with Crippen molar-refractivity contribution in [3.63, 3.8) is 0 Å². The molecular weight excluding hydrogens is 441 g/mol. The van der Waals surface area contributed by atoms with Crippen LogP contribution in [0.5, 0.6) is 0 Å². The van der Waals surface area contributed by atoms with Crippen molar-refractivity contribution in [3.8, 4) is 0 Å². The van der Waals surface area contributed by atoms with Crippen LogP contribution in [0.4, 0.5) is 10.1 Å². The maximum absolute atomic E-state index is 13.0. The van der Waals surface area contributed by atoms with Gasteiger partial charge < -0.3 is 4.90 Å². The van der Waals surface area contributed by atoms with E-state index in [-0.39, 0.29) is 16.5 Å². The molecule has 1 saturated heterocycles. The van der Waals surface area contributed by atoms with E-state index in [1.165, 1.54) is 54.1 Å². The summed E-state index contributed by atoms with van der Waals surface area (Å²) in [7, 11) is -3.83. The van der Waals surface area contributed by atoms with Crippen LogP contribution in [0.2, 0.25) is 0 Å². The number of anilines is 1. The fraction of sp³-hybridized carbons (Fsp3) is 0.240. The molecule has 0 bridgehead atoms. The molecule has 6 nitrogen and oxygen atoms in total. The van der Waals surface area contributed by atoms with Crippen molar-refractivity contribution in [1.29, 1.82) is 0 Å². The maximum atomic E-state index is 13.0. The first-order valence-electron chi connectivity index (χ1n) is 10.8. The number of carbonyl (C=O) groups excluding carboxylic acids is 1. The molecule has 172 valence electrons. The van der Waals surface area contributed by atoms with Crippen molar-refractivity contribution in [3.05, 3.63) is 95.8 Å². The highest BCUT2D eigenvalue weighted by Crippen LogP contribution is 2.18. The van der Waals surface area contributed by atoms with Crippen molar-refractivity contribution in [2.75, 3.05) is 37.4 Å². The Bertz CT molecular complexity index is 1180. The Morgan fingerprint density at radius 1 is 0.848 bits per heavy atom. The number of carbonyl (C=O) groups is 1. The molecule has 33 heavy (non-hydrogen) atoms. The van der Waals surface area contributed by atoms with Gasteiger partial charge >= 0.3 is 0 Å². The van der Waals surface area contributed by atoms with Gasteiger partial charge in [-0.05, 0) is 60.5 Å². The van der Waals surface area contributed by atoms with E-state index in [9.17, 15) is 17.6 Å². The number of nitrogens with zero attached hydrogens (tertiary/aromatic N) is 2. The SMILES string of the molecule is O=C(c1ccc(S(=O)(=O)Nc2ccc(F)cc2)cc1)N1CCN(CCc2ccccc2)CC1. The lowest BCUT2D eigenvalue weighted by molar-refractivity contribution is 0.0638. The molecule has 1 heterocycles. The fourth-order valence-electron chi connectivity index (χ4n) is 3.80. The molecule has 4 rings (SSSR count). The summed E-state index contributed by atoms with van der Waals surface area (Å²) in [5, 5.41) is 0. The highest BCUT2D eigenvalue weighted by Gasteiger charge is 2.23. The lowest BCUT2D eigenvalue weighted by atomic mass is 10.1. The average molecular weight is 468 g/mol. The predicted molar refractivity (Wildman–Crippen MR) is 126 cm³/mol. The normalized spacial score (nSPS) is 14.8. The smallest absolute Gasteiger partial charge is 0.261 e. The van der Waals surface area contributed by atoms with E-state index in [1.54, 1.807) is 4.90 Å². The van der Waals surface area contributed by atoms with Crippen LogP contribution in [0.15, 0.2) is 83.8 Å². The number of hydrogen-bond acceptors (Lipinski definition) is 4. The minimum Gasteiger partial charge on any atom is -0.336 e. The molecule has 0 aromatic heterocycles. The van der Waals surface area contributed by atoms with Crippen LogP contribution in [0, 0.1) is 5.82 Å². The van der Waals surface area contributed by atoms with Crippen molar-refractivity contribution < 1.29 is 17.6 Å². The summed E-state index contributed by atoms with van der Waals surface area (Å²) in [6.07, 6.45) is 0.983. The molecule has 3 aromatic rings. The largest absolute Gasteiger partial charge is 0.336 e. The molecule has 1 N–H and O–H groups in total. The second kappa shape index (κ2) is 10.1. The summed E-state index contributed by atoms with van der Waals surface area (Å²) in [6, 6.07) is 21.3. The van der Waals surface area contributed by atoms with Gasteiger partial charge in [-0.2, -0.15) is 0 Å². The number of hydrogen-bond donors (Lipinski definition) is 1. The van der Waals surface area contributed by atoms with Gasteiger partial charge in [-0.15, -0.1) is 0 Å². The Morgan fingerprint density at radius 2 is 1.48 bits per heavy atom. The molecule has 0 unspecified atom stereocenters. The third kappa shape index (κ3) is 5.97. The average Bonchev–Trinajstić information content (AvgIpc) is 2.85. The second-order valence-electron chi connectivity index (χ2n) is 8.01. The highest BCUT2D eigenvalue weighted by atomic mass is 32.2.